The summed E-state index contributed by atoms with van der Waals surface area (Å²) in [6.07, 6.45) is 22.7. The molecule has 0 amide bonds. The smallest absolute Gasteiger partial charge is 0.127 e. The summed E-state index contributed by atoms with van der Waals surface area (Å²) in [6.45, 7) is 7.59. The van der Waals surface area contributed by atoms with Gasteiger partial charge in [-0.1, -0.05) is 127 Å². The summed E-state index contributed by atoms with van der Waals surface area (Å²) in [7, 11) is 0. The molecule has 0 saturated carbocycles. The first-order chi connectivity index (χ1) is 18.6. The highest BCUT2D eigenvalue weighted by Crippen LogP contribution is 2.25. The van der Waals surface area contributed by atoms with Crippen LogP contribution in [0.4, 0.5) is 0 Å². The Kier molecular flexibility index (Phi) is 21.7. The number of unbranched alkanes of at least 4 members (excludes halogenated alkanes) is 12. The summed E-state index contributed by atoms with van der Waals surface area (Å²) in [5.41, 5.74) is 0. The Morgan fingerprint density at radius 2 is 1.34 bits per heavy atom. The molecular formula is C34H57NO3. The van der Waals surface area contributed by atoms with Gasteiger partial charge in [0.05, 0.1) is 0 Å². The van der Waals surface area contributed by atoms with Crippen LogP contribution in [-0.2, 0) is 0 Å². The summed E-state index contributed by atoms with van der Waals surface area (Å²) < 4.78 is 5.72. The lowest BCUT2D eigenvalue weighted by Gasteiger charge is -2.15. The normalized spacial score (nSPS) is 12.2. The molecule has 1 atom stereocenters. The van der Waals surface area contributed by atoms with Crippen LogP contribution in [-0.4, -0.2) is 42.1 Å². The molecule has 38 heavy (non-hydrogen) atoms. The first-order valence-corrected chi connectivity index (χ1v) is 15.4. The van der Waals surface area contributed by atoms with Crippen LogP contribution in [0.1, 0.15) is 111 Å². The lowest BCUT2D eigenvalue weighted by atomic mass is 10.1. The molecule has 0 aliphatic rings. The molecule has 0 saturated heterocycles. The number of aliphatic hydroxyl groups is 2. The molecule has 0 spiro atoms. The van der Waals surface area contributed by atoms with Crippen molar-refractivity contribution in [2.24, 2.45) is 0 Å². The SMILES string of the molecule is CC(C)NCC(O)COc1cccc2ccccc12.CCCCCCCC/C=C\CCCCCCCCO. The third kappa shape index (κ3) is 18.4. The van der Waals surface area contributed by atoms with Crippen molar-refractivity contribution in [1.29, 1.82) is 0 Å². The number of benzene rings is 2. The number of aliphatic hydroxyl groups excluding tert-OH is 2. The summed E-state index contributed by atoms with van der Waals surface area (Å²) in [5.74, 6) is 0.821. The van der Waals surface area contributed by atoms with Crippen molar-refractivity contribution >= 4 is 10.8 Å². The lowest BCUT2D eigenvalue weighted by molar-refractivity contribution is 0.105. The minimum Gasteiger partial charge on any atom is -0.490 e. The monoisotopic (exact) mass is 527 g/mol. The predicted molar refractivity (Wildman–Crippen MR) is 165 cm³/mol. The number of hydrogen-bond acceptors (Lipinski definition) is 4. The maximum Gasteiger partial charge on any atom is 0.127 e. The summed E-state index contributed by atoms with van der Waals surface area (Å²) in [4.78, 5) is 0. The predicted octanol–water partition coefficient (Wildman–Crippen LogP) is 8.59. The molecule has 1 unspecified atom stereocenters. The van der Waals surface area contributed by atoms with E-state index in [-0.39, 0.29) is 0 Å². The van der Waals surface area contributed by atoms with Gasteiger partial charge in [-0.25, -0.2) is 0 Å². The molecule has 2 aromatic carbocycles. The minimum atomic E-state index is -0.499. The first kappa shape index (κ1) is 34.1. The third-order valence-corrected chi connectivity index (χ3v) is 6.61. The fourth-order valence-corrected chi connectivity index (χ4v) is 4.30. The highest BCUT2D eigenvalue weighted by molar-refractivity contribution is 5.88. The first-order valence-electron chi connectivity index (χ1n) is 15.4. The Morgan fingerprint density at radius 1 is 0.763 bits per heavy atom. The molecule has 0 aliphatic heterocycles. The van der Waals surface area contributed by atoms with Crippen molar-refractivity contribution in [2.45, 2.75) is 123 Å². The molecule has 0 aliphatic carbocycles. The van der Waals surface area contributed by atoms with E-state index in [2.05, 4.69) is 50.4 Å². The molecular weight excluding hydrogens is 470 g/mol. The second-order valence-electron chi connectivity index (χ2n) is 10.7. The van der Waals surface area contributed by atoms with Crippen molar-refractivity contribution in [3.63, 3.8) is 0 Å². The van der Waals surface area contributed by atoms with Crippen molar-refractivity contribution < 1.29 is 14.9 Å². The molecule has 0 bridgehead atoms. The molecule has 216 valence electrons. The maximum absolute atomic E-state index is 9.84. The average molecular weight is 528 g/mol. The van der Waals surface area contributed by atoms with Crippen LogP contribution in [0.2, 0.25) is 0 Å². The van der Waals surface area contributed by atoms with Crippen LogP contribution in [0.5, 0.6) is 5.75 Å². The van der Waals surface area contributed by atoms with E-state index >= 15 is 0 Å². The van der Waals surface area contributed by atoms with Gasteiger partial charge in [-0.3, -0.25) is 0 Å². The molecule has 2 aromatic rings. The van der Waals surface area contributed by atoms with E-state index in [0.29, 0.717) is 25.8 Å². The van der Waals surface area contributed by atoms with Crippen LogP contribution < -0.4 is 10.1 Å². The van der Waals surface area contributed by atoms with E-state index in [1.807, 2.05) is 30.3 Å². The van der Waals surface area contributed by atoms with E-state index < -0.39 is 6.10 Å². The highest BCUT2D eigenvalue weighted by Gasteiger charge is 2.07. The van der Waals surface area contributed by atoms with Gasteiger partial charge in [0, 0.05) is 24.6 Å². The van der Waals surface area contributed by atoms with Gasteiger partial charge in [-0.15, -0.1) is 0 Å². The van der Waals surface area contributed by atoms with Crippen LogP contribution in [0.15, 0.2) is 54.6 Å². The Balaban J connectivity index is 0.000000380. The number of nitrogens with one attached hydrogen (secondary N) is 1. The van der Waals surface area contributed by atoms with Crippen molar-refractivity contribution in [1.82, 2.24) is 5.32 Å². The lowest BCUT2D eigenvalue weighted by Crippen LogP contribution is -2.35. The third-order valence-electron chi connectivity index (χ3n) is 6.61. The minimum absolute atomic E-state index is 0.299. The van der Waals surface area contributed by atoms with Gasteiger partial charge in [-0.05, 0) is 43.6 Å². The molecule has 0 fully saturated rings. The summed E-state index contributed by atoms with van der Waals surface area (Å²) in [6, 6.07) is 14.4. The van der Waals surface area contributed by atoms with Gasteiger partial charge in [0.2, 0.25) is 0 Å². The molecule has 4 nitrogen and oxygen atoms in total. The second kappa shape index (κ2) is 24.2. The number of allylic oxidation sites excluding steroid dienone is 2. The van der Waals surface area contributed by atoms with E-state index in [9.17, 15) is 5.11 Å². The van der Waals surface area contributed by atoms with Gasteiger partial charge in [-0.2, -0.15) is 0 Å². The van der Waals surface area contributed by atoms with Gasteiger partial charge in [0.1, 0.15) is 18.5 Å². The fraction of sp³-hybridized carbons (Fsp3) is 0.647. The number of hydrogen-bond donors (Lipinski definition) is 3. The zero-order chi connectivity index (χ0) is 27.7. The number of rotatable bonds is 21. The molecule has 3 N–H and O–H groups in total. The van der Waals surface area contributed by atoms with Gasteiger partial charge >= 0.3 is 0 Å². The standard InChI is InChI=1S/C18H36O.C16H21NO2/c1-2-3-4-5-6-7-8-9-10-11-12-13-14-15-16-17-18-19;1-12(2)17-10-14(18)11-19-16-9-5-7-13-6-3-4-8-15(13)16/h9-10,19H,2-8,11-18H2,1H3;3-9,12,14,17-18H,10-11H2,1-2H3/b10-9-;. The fourth-order valence-electron chi connectivity index (χ4n) is 4.30. The van der Waals surface area contributed by atoms with Crippen LogP contribution >= 0.6 is 0 Å². The van der Waals surface area contributed by atoms with Gasteiger partial charge in [0.25, 0.3) is 0 Å². The molecule has 4 heteroatoms. The summed E-state index contributed by atoms with van der Waals surface area (Å²) >= 11 is 0. The Morgan fingerprint density at radius 3 is 1.97 bits per heavy atom. The van der Waals surface area contributed by atoms with E-state index in [1.54, 1.807) is 0 Å². The highest BCUT2D eigenvalue weighted by atomic mass is 16.5. The molecule has 0 radical (unpaired) electrons. The zero-order valence-corrected chi connectivity index (χ0v) is 24.7. The molecule has 0 heterocycles. The second-order valence-corrected chi connectivity index (χ2v) is 10.7. The summed E-state index contributed by atoms with van der Waals surface area (Å²) in [5, 5.41) is 23.9. The maximum atomic E-state index is 9.84. The largest absolute Gasteiger partial charge is 0.490 e. The van der Waals surface area contributed by atoms with Crippen molar-refractivity contribution in [3.05, 3.63) is 54.6 Å². The quantitative estimate of drug-likeness (QED) is 0.112. The average Bonchev–Trinajstić information content (AvgIpc) is 2.93. The Bertz CT molecular complexity index is 815. The van der Waals surface area contributed by atoms with E-state index in [0.717, 1.165) is 22.9 Å². The topological polar surface area (TPSA) is 61.7 Å². The molecule has 2 rings (SSSR count). The number of ether oxygens (including phenoxy) is 1. The Hall–Kier alpha value is -1.88. The van der Waals surface area contributed by atoms with E-state index in [4.69, 9.17) is 9.84 Å². The van der Waals surface area contributed by atoms with Gasteiger partial charge < -0.3 is 20.3 Å². The van der Waals surface area contributed by atoms with Crippen LogP contribution in [0.25, 0.3) is 10.8 Å². The molecule has 0 aromatic heterocycles. The van der Waals surface area contributed by atoms with E-state index in [1.165, 1.54) is 83.5 Å². The van der Waals surface area contributed by atoms with Gasteiger partial charge in [0.15, 0.2) is 0 Å². The Labute approximate surface area is 233 Å². The van der Waals surface area contributed by atoms with Crippen molar-refractivity contribution in [2.75, 3.05) is 19.8 Å². The zero-order valence-electron chi connectivity index (χ0n) is 24.7. The number of fused-ring (bicyclic) bond motifs is 1. The van der Waals surface area contributed by atoms with Crippen molar-refractivity contribution in [3.8, 4) is 5.75 Å². The van der Waals surface area contributed by atoms with Crippen LogP contribution in [0.3, 0.4) is 0 Å². The van der Waals surface area contributed by atoms with Crippen LogP contribution in [0, 0.1) is 0 Å².